The van der Waals surface area contributed by atoms with Gasteiger partial charge in [-0.05, 0) is 36.6 Å². The minimum Gasteiger partial charge on any atom is -0.484 e. The molecule has 0 aliphatic heterocycles. The fourth-order valence-electron chi connectivity index (χ4n) is 2.80. The third kappa shape index (κ3) is 5.34. The first-order chi connectivity index (χ1) is 12.5. The van der Waals surface area contributed by atoms with Crippen LogP contribution in [-0.2, 0) is 16.1 Å². The van der Waals surface area contributed by atoms with Crippen LogP contribution in [0.2, 0.25) is 0 Å². The molecule has 0 fully saturated rings. The molecule has 0 spiro atoms. The first-order valence-corrected chi connectivity index (χ1v) is 8.79. The first-order valence-electron chi connectivity index (χ1n) is 8.79. The number of nitrogens with one attached hydrogen (secondary N) is 1. The maximum Gasteiger partial charge on any atom is 0.261 e. The second-order valence-electron chi connectivity index (χ2n) is 6.15. The molecule has 5 nitrogen and oxygen atoms in total. The number of hydrogen-bond acceptors (Lipinski definition) is 3. The van der Waals surface area contributed by atoms with E-state index in [0.717, 1.165) is 11.1 Å². The molecule has 0 aliphatic rings. The predicted octanol–water partition coefficient (Wildman–Crippen LogP) is 2.93. The Kier molecular flexibility index (Phi) is 7.21. The van der Waals surface area contributed by atoms with Crippen molar-refractivity contribution in [3.05, 3.63) is 65.7 Å². The maximum absolute atomic E-state index is 12.8. The molecule has 0 aliphatic carbocycles. The molecule has 5 heteroatoms. The Morgan fingerprint density at radius 1 is 1.12 bits per heavy atom. The van der Waals surface area contributed by atoms with Crippen molar-refractivity contribution in [2.24, 2.45) is 0 Å². The van der Waals surface area contributed by atoms with Gasteiger partial charge < -0.3 is 15.0 Å². The molecule has 1 N–H and O–H groups in total. The molecule has 0 aromatic heterocycles. The summed E-state index contributed by atoms with van der Waals surface area (Å²) in [5.41, 5.74) is 2.03. The molecule has 0 saturated heterocycles. The highest BCUT2D eigenvalue weighted by atomic mass is 16.5. The molecule has 2 aromatic rings. The van der Waals surface area contributed by atoms with Crippen LogP contribution in [-0.4, -0.2) is 36.4 Å². The molecule has 0 bridgehead atoms. The van der Waals surface area contributed by atoms with Crippen LogP contribution in [0.15, 0.2) is 54.6 Å². The molecule has 26 heavy (non-hydrogen) atoms. The zero-order valence-electron chi connectivity index (χ0n) is 15.6. The van der Waals surface area contributed by atoms with Gasteiger partial charge in [-0.15, -0.1) is 0 Å². The summed E-state index contributed by atoms with van der Waals surface area (Å²) in [6, 6.07) is 16.7. The Balaban J connectivity index is 2.15. The van der Waals surface area contributed by atoms with E-state index in [-0.39, 0.29) is 18.4 Å². The Bertz CT molecular complexity index is 731. The summed E-state index contributed by atoms with van der Waals surface area (Å²) >= 11 is 0. The molecule has 138 valence electrons. The number of hydrogen-bond donors (Lipinski definition) is 1. The summed E-state index contributed by atoms with van der Waals surface area (Å²) in [5, 5.41) is 2.64. The molecule has 0 radical (unpaired) electrons. The Morgan fingerprint density at radius 3 is 2.46 bits per heavy atom. The van der Waals surface area contributed by atoms with Gasteiger partial charge in [0.15, 0.2) is 6.61 Å². The van der Waals surface area contributed by atoms with Gasteiger partial charge in [0.2, 0.25) is 5.91 Å². The molecule has 2 amide bonds. The number of carbonyl (C=O) groups is 2. The largest absolute Gasteiger partial charge is 0.484 e. The number of nitrogens with zero attached hydrogens (tertiary/aromatic N) is 1. The minimum absolute atomic E-state index is 0.107. The van der Waals surface area contributed by atoms with Crippen LogP contribution < -0.4 is 10.1 Å². The van der Waals surface area contributed by atoms with Gasteiger partial charge in [0.05, 0.1) is 0 Å². The van der Waals surface area contributed by atoms with Crippen molar-refractivity contribution in [1.82, 2.24) is 10.2 Å². The minimum atomic E-state index is -0.534. The van der Waals surface area contributed by atoms with Crippen molar-refractivity contribution >= 4 is 11.8 Å². The fourth-order valence-corrected chi connectivity index (χ4v) is 2.80. The molecule has 1 atom stereocenters. The van der Waals surface area contributed by atoms with Crippen LogP contribution >= 0.6 is 0 Å². The second kappa shape index (κ2) is 9.61. The number of ether oxygens (including phenoxy) is 1. The SMILES string of the molecule is CC[C@@H](C(=O)NC)N(Cc1ccccc1)C(=O)COc1cccc(C)c1. The van der Waals surface area contributed by atoms with Crippen LogP contribution in [0.25, 0.3) is 0 Å². The normalized spacial score (nSPS) is 11.5. The van der Waals surface area contributed by atoms with Crippen molar-refractivity contribution in [3.63, 3.8) is 0 Å². The van der Waals surface area contributed by atoms with Crippen molar-refractivity contribution in [1.29, 1.82) is 0 Å². The van der Waals surface area contributed by atoms with Crippen LogP contribution in [0, 0.1) is 6.92 Å². The third-order valence-corrected chi connectivity index (χ3v) is 4.18. The molecule has 2 aromatic carbocycles. The summed E-state index contributed by atoms with van der Waals surface area (Å²) in [6.07, 6.45) is 0.530. The second-order valence-corrected chi connectivity index (χ2v) is 6.15. The van der Waals surface area contributed by atoms with E-state index < -0.39 is 6.04 Å². The predicted molar refractivity (Wildman–Crippen MR) is 102 cm³/mol. The van der Waals surface area contributed by atoms with Gasteiger partial charge >= 0.3 is 0 Å². The smallest absolute Gasteiger partial charge is 0.261 e. The highest BCUT2D eigenvalue weighted by molar-refractivity contribution is 5.88. The van der Waals surface area contributed by atoms with Crippen molar-refractivity contribution in [2.75, 3.05) is 13.7 Å². The summed E-state index contributed by atoms with van der Waals surface area (Å²) in [4.78, 5) is 26.7. The van der Waals surface area contributed by atoms with Gasteiger partial charge in [0.1, 0.15) is 11.8 Å². The molecule has 0 saturated carbocycles. The zero-order valence-corrected chi connectivity index (χ0v) is 15.6. The zero-order chi connectivity index (χ0) is 18.9. The topological polar surface area (TPSA) is 58.6 Å². The van der Waals surface area contributed by atoms with Gasteiger partial charge in [-0.25, -0.2) is 0 Å². The summed E-state index contributed by atoms with van der Waals surface area (Å²) in [5.74, 6) is 0.254. The molecule has 0 heterocycles. The number of aryl methyl sites for hydroxylation is 1. The van der Waals surface area contributed by atoms with Gasteiger partial charge in [-0.1, -0.05) is 49.4 Å². The highest BCUT2D eigenvalue weighted by Crippen LogP contribution is 2.15. The van der Waals surface area contributed by atoms with Gasteiger partial charge in [0.25, 0.3) is 5.91 Å². The highest BCUT2D eigenvalue weighted by Gasteiger charge is 2.28. The van der Waals surface area contributed by atoms with Crippen LogP contribution in [0.3, 0.4) is 0 Å². The van der Waals surface area contributed by atoms with E-state index in [4.69, 9.17) is 4.74 Å². The lowest BCUT2D eigenvalue weighted by atomic mass is 10.1. The van der Waals surface area contributed by atoms with Crippen LogP contribution in [0.1, 0.15) is 24.5 Å². The van der Waals surface area contributed by atoms with E-state index in [1.54, 1.807) is 11.9 Å². The lowest BCUT2D eigenvalue weighted by Gasteiger charge is -2.30. The number of rotatable bonds is 8. The molecule has 2 rings (SSSR count). The van der Waals surface area contributed by atoms with Crippen LogP contribution in [0.5, 0.6) is 5.75 Å². The summed E-state index contributed by atoms with van der Waals surface area (Å²) < 4.78 is 5.65. The lowest BCUT2D eigenvalue weighted by Crippen LogP contribution is -2.49. The van der Waals surface area contributed by atoms with E-state index in [9.17, 15) is 9.59 Å². The fraction of sp³-hybridized carbons (Fsp3) is 0.333. The number of benzene rings is 2. The number of likely N-dealkylation sites (N-methyl/N-ethyl adjacent to an activating group) is 1. The maximum atomic E-state index is 12.8. The van der Waals surface area contributed by atoms with E-state index in [2.05, 4.69) is 5.32 Å². The average molecular weight is 354 g/mol. The number of carbonyl (C=O) groups excluding carboxylic acids is 2. The number of amides is 2. The first kappa shape index (κ1) is 19.5. The van der Waals surface area contributed by atoms with E-state index in [0.29, 0.717) is 18.7 Å². The van der Waals surface area contributed by atoms with Crippen molar-refractivity contribution in [2.45, 2.75) is 32.9 Å². The van der Waals surface area contributed by atoms with Gasteiger partial charge in [-0.3, -0.25) is 9.59 Å². The van der Waals surface area contributed by atoms with E-state index in [1.165, 1.54) is 0 Å². The van der Waals surface area contributed by atoms with E-state index >= 15 is 0 Å². The van der Waals surface area contributed by atoms with Gasteiger partial charge in [-0.2, -0.15) is 0 Å². The quantitative estimate of drug-likeness (QED) is 0.793. The monoisotopic (exact) mass is 354 g/mol. The summed E-state index contributed by atoms with van der Waals surface area (Å²) in [6.45, 7) is 4.12. The standard InChI is InChI=1S/C21H26N2O3/c1-4-19(21(25)22-3)23(14-17-10-6-5-7-11-17)20(24)15-26-18-12-8-9-16(2)13-18/h5-13,19H,4,14-15H2,1-3H3,(H,22,25)/t19-/m0/s1. The molecular weight excluding hydrogens is 328 g/mol. The Morgan fingerprint density at radius 2 is 1.85 bits per heavy atom. The van der Waals surface area contributed by atoms with Crippen molar-refractivity contribution in [3.8, 4) is 5.75 Å². The van der Waals surface area contributed by atoms with Crippen molar-refractivity contribution < 1.29 is 14.3 Å². The Labute approximate surface area is 155 Å². The van der Waals surface area contributed by atoms with E-state index in [1.807, 2.05) is 68.4 Å². The van der Waals surface area contributed by atoms with Gasteiger partial charge in [0, 0.05) is 13.6 Å². The Hall–Kier alpha value is -2.82. The average Bonchev–Trinajstić information content (AvgIpc) is 2.66. The summed E-state index contributed by atoms with van der Waals surface area (Å²) in [7, 11) is 1.58. The lowest BCUT2D eigenvalue weighted by molar-refractivity contribution is -0.142. The van der Waals surface area contributed by atoms with Crippen LogP contribution in [0.4, 0.5) is 0 Å². The molecular formula is C21H26N2O3. The third-order valence-electron chi connectivity index (χ3n) is 4.18. The molecule has 0 unspecified atom stereocenters.